The average molecular weight is 412 g/mol. The van der Waals surface area contributed by atoms with Gasteiger partial charge in [-0.3, -0.25) is 24.1 Å². The Bertz CT molecular complexity index is 736. The van der Waals surface area contributed by atoms with Crippen LogP contribution < -0.4 is 29.6 Å². The molecule has 11 nitrogen and oxygen atoms in total. The minimum atomic E-state index is -5.01. The van der Waals surface area contributed by atoms with Crippen molar-refractivity contribution in [3.8, 4) is 0 Å². The van der Waals surface area contributed by atoms with Gasteiger partial charge in [0, 0.05) is 25.8 Å². The fraction of sp³-hybridized carbons (Fsp3) is 0.643. The number of carbonyl (C=O) groups excluding carboxylic acids is 5. The number of unbranched alkanes of at least 4 members (excludes halogenated alkanes) is 2. The fourth-order valence-corrected chi connectivity index (χ4v) is 3.33. The number of nitrogens with zero attached hydrogens (tertiary/aromatic N) is 2. The molecule has 0 bridgehead atoms. The van der Waals surface area contributed by atoms with E-state index in [-0.39, 0.29) is 72.2 Å². The van der Waals surface area contributed by atoms with Crippen molar-refractivity contribution in [3.05, 3.63) is 0 Å². The Balaban J connectivity index is 0.00000364. The number of likely N-dealkylation sites (tertiary alicyclic amines) is 1. The minimum Gasteiger partial charge on any atom is -0.747 e. The molecule has 27 heavy (non-hydrogen) atoms. The second-order valence-corrected chi connectivity index (χ2v) is 7.48. The number of rotatable bonds is 8. The Kier molecular flexibility index (Phi) is 8.54. The Labute approximate surface area is 177 Å². The molecule has 0 radical (unpaired) electrons. The molecular weight excluding hydrogens is 395 g/mol. The summed E-state index contributed by atoms with van der Waals surface area (Å²) in [5, 5.41) is -2.05. The Morgan fingerprint density at radius 1 is 1.04 bits per heavy atom. The van der Waals surface area contributed by atoms with Gasteiger partial charge in [0.15, 0.2) is 0 Å². The molecule has 2 fully saturated rings. The van der Waals surface area contributed by atoms with E-state index >= 15 is 0 Å². The Morgan fingerprint density at radius 2 is 1.63 bits per heavy atom. The van der Waals surface area contributed by atoms with Crippen LogP contribution in [0.4, 0.5) is 0 Å². The summed E-state index contributed by atoms with van der Waals surface area (Å²) in [4.78, 5) is 63.4. The summed E-state index contributed by atoms with van der Waals surface area (Å²) in [5.74, 6) is -3.81. The molecule has 13 heteroatoms. The third-order valence-electron chi connectivity index (χ3n) is 4.02. The van der Waals surface area contributed by atoms with E-state index in [2.05, 4.69) is 4.84 Å². The summed E-state index contributed by atoms with van der Waals surface area (Å²) in [5.41, 5.74) is 0. The van der Waals surface area contributed by atoms with Crippen molar-refractivity contribution in [3.63, 3.8) is 0 Å². The van der Waals surface area contributed by atoms with Crippen LogP contribution in [0.1, 0.15) is 44.9 Å². The maximum Gasteiger partial charge on any atom is 1.00 e. The first-order chi connectivity index (χ1) is 12.1. The van der Waals surface area contributed by atoms with E-state index in [0.717, 1.165) is 0 Å². The summed E-state index contributed by atoms with van der Waals surface area (Å²) in [6.07, 6.45) is 0.707. The zero-order valence-corrected chi connectivity index (χ0v) is 17.5. The molecular formula is C14H17N2NaO9S. The molecule has 1 atom stereocenters. The van der Waals surface area contributed by atoms with Crippen molar-refractivity contribution in [2.24, 2.45) is 0 Å². The maximum atomic E-state index is 11.7. The second-order valence-electron chi connectivity index (χ2n) is 5.92. The van der Waals surface area contributed by atoms with Crippen LogP contribution in [-0.2, 0) is 38.9 Å². The first-order valence-electron chi connectivity index (χ1n) is 7.96. The van der Waals surface area contributed by atoms with Crippen LogP contribution in [0.15, 0.2) is 0 Å². The summed E-state index contributed by atoms with van der Waals surface area (Å²) < 4.78 is 32.6. The zero-order chi connectivity index (χ0) is 19.5. The molecule has 0 aromatic carbocycles. The van der Waals surface area contributed by atoms with E-state index in [1.807, 2.05) is 0 Å². The van der Waals surface area contributed by atoms with Gasteiger partial charge in [0.05, 0.1) is 6.42 Å². The van der Waals surface area contributed by atoms with Gasteiger partial charge in [-0.1, -0.05) is 6.42 Å². The molecule has 144 valence electrons. The molecule has 2 saturated heterocycles. The van der Waals surface area contributed by atoms with Crippen molar-refractivity contribution in [2.75, 3.05) is 6.54 Å². The minimum absolute atomic E-state index is 0. The van der Waals surface area contributed by atoms with Gasteiger partial charge in [0.1, 0.15) is 15.4 Å². The van der Waals surface area contributed by atoms with E-state index < -0.39 is 39.6 Å². The van der Waals surface area contributed by atoms with Gasteiger partial charge < -0.3 is 9.39 Å². The van der Waals surface area contributed by atoms with Crippen molar-refractivity contribution in [2.45, 2.75) is 50.2 Å². The molecule has 2 rings (SSSR count). The monoisotopic (exact) mass is 412 g/mol. The molecule has 2 aliphatic rings. The molecule has 2 heterocycles. The summed E-state index contributed by atoms with van der Waals surface area (Å²) in [6, 6.07) is 0. The Morgan fingerprint density at radius 3 is 2.15 bits per heavy atom. The SMILES string of the molecule is O=C(CCCCCN1C(=O)CCC1=O)ON1C(=O)CC(S(=O)(=O)[O-])C1=O.[Na+]. The number of amides is 4. The predicted octanol–water partition coefficient (Wildman–Crippen LogP) is -4.17. The molecule has 0 aliphatic carbocycles. The molecule has 0 aromatic heterocycles. The topological polar surface area (TPSA) is 158 Å². The second kappa shape index (κ2) is 9.73. The number of imide groups is 2. The molecule has 0 spiro atoms. The summed E-state index contributed by atoms with van der Waals surface area (Å²) >= 11 is 0. The van der Waals surface area contributed by atoms with Crippen LogP contribution in [0.5, 0.6) is 0 Å². The van der Waals surface area contributed by atoms with Gasteiger partial charge >= 0.3 is 35.5 Å². The average Bonchev–Trinajstić information content (AvgIpc) is 3.01. The zero-order valence-electron chi connectivity index (χ0n) is 14.7. The number of hydroxylamine groups is 2. The van der Waals surface area contributed by atoms with Gasteiger partial charge in [-0.05, 0) is 12.8 Å². The van der Waals surface area contributed by atoms with Crippen molar-refractivity contribution < 1.29 is 71.3 Å². The van der Waals surface area contributed by atoms with Crippen molar-refractivity contribution >= 4 is 39.7 Å². The third-order valence-corrected chi connectivity index (χ3v) is 5.09. The smallest absolute Gasteiger partial charge is 0.747 e. The van der Waals surface area contributed by atoms with Crippen LogP contribution in [0.2, 0.25) is 0 Å². The molecule has 0 aromatic rings. The molecule has 2 aliphatic heterocycles. The molecule has 0 saturated carbocycles. The van der Waals surface area contributed by atoms with Crippen LogP contribution in [-0.4, -0.2) is 64.3 Å². The van der Waals surface area contributed by atoms with E-state index in [4.69, 9.17) is 0 Å². The molecule has 0 N–H and O–H groups in total. The number of hydrogen-bond donors (Lipinski definition) is 0. The molecule has 1 unspecified atom stereocenters. The maximum absolute atomic E-state index is 11.7. The normalized spacial score (nSPS) is 20.3. The van der Waals surface area contributed by atoms with Crippen LogP contribution >= 0.6 is 0 Å². The first-order valence-corrected chi connectivity index (χ1v) is 9.44. The Hall–Kier alpha value is -1.34. The van der Waals surface area contributed by atoms with E-state index in [9.17, 15) is 36.9 Å². The standard InChI is InChI=1S/C14H18N2O9S.Na/c17-10-5-6-11(18)15(10)7-3-1-2-4-13(20)25-16-12(19)8-9(14(16)21)26(22,23)24;/h9H,1-8H2,(H,22,23,24);/q;+1/p-1. The third kappa shape index (κ3) is 6.07. The number of carbonyl (C=O) groups is 5. The van der Waals surface area contributed by atoms with Gasteiger partial charge in [-0.25, -0.2) is 13.2 Å². The molecule has 4 amide bonds. The first kappa shape index (κ1) is 23.7. The van der Waals surface area contributed by atoms with Gasteiger partial charge in [0.25, 0.3) is 11.8 Å². The van der Waals surface area contributed by atoms with Gasteiger partial charge in [-0.15, -0.1) is 5.06 Å². The van der Waals surface area contributed by atoms with Crippen molar-refractivity contribution in [1.82, 2.24) is 9.96 Å². The summed E-state index contributed by atoms with van der Waals surface area (Å²) in [7, 11) is -5.01. The van der Waals surface area contributed by atoms with Gasteiger partial charge in [0.2, 0.25) is 11.8 Å². The predicted molar refractivity (Wildman–Crippen MR) is 80.5 cm³/mol. The summed E-state index contributed by atoms with van der Waals surface area (Å²) in [6.45, 7) is 0.263. The van der Waals surface area contributed by atoms with E-state index in [1.54, 1.807) is 0 Å². The van der Waals surface area contributed by atoms with E-state index in [1.165, 1.54) is 4.90 Å². The quantitative estimate of drug-likeness (QED) is 0.167. The van der Waals surface area contributed by atoms with Crippen LogP contribution in [0.25, 0.3) is 0 Å². The van der Waals surface area contributed by atoms with Crippen molar-refractivity contribution in [1.29, 1.82) is 0 Å². The fourth-order valence-electron chi connectivity index (χ4n) is 2.64. The van der Waals surface area contributed by atoms with Crippen LogP contribution in [0.3, 0.4) is 0 Å². The largest absolute Gasteiger partial charge is 1.00 e. The van der Waals surface area contributed by atoms with Gasteiger partial charge in [-0.2, -0.15) is 0 Å². The number of hydrogen-bond acceptors (Lipinski definition) is 9. The van der Waals surface area contributed by atoms with E-state index in [0.29, 0.717) is 19.3 Å². The van der Waals surface area contributed by atoms with Crippen LogP contribution in [0, 0.1) is 0 Å².